The number of halogens is 2. The first kappa shape index (κ1) is 26.1. The summed E-state index contributed by atoms with van der Waals surface area (Å²) in [5.74, 6) is -0.0537. The number of nitrogens with one attached hydrogen (secondary N) is 1. The van der Waals surface area contributed by atoms with Gasteiger partial charge in [0.05, 0.1) is 24.6 Å². The van der Waals surface area contributed by atoms with Gasteiger partial charge in [0, 0.05) is 31.4 Å². The molecule has 1 amide bonds. The molecule has 11 heteroatoms. The third-order valence-corrected chi connectivity index (χ3v) is 5.37. The van der Waals surface area contributed by atoms with E-state index in [2.05, 4.69) is 20.2 Å². The minimum absolute atomic E-state index is 0. The molecule has 0 radical (unpaired) electrons. The van der Waals surface area contributed by atoms with Crippen molar-refractivity contribution in [2.45, 2.75) is 26.3 Å². The van der Waals surface area contributed by atoms with E-state index in [4.69, 9.17) is 16.2 Å². The van der Waals surface area contributed by atoms with Crippen LogP contribution in [0.5, 0.6) is 0 Å². The van der Waals surface area contributed by atoms with Crippen molar-refractivity contribution < 1.29 is 9.53 Å². The molecule has 1 aromatic heterocycles. The second-order valence-corrected chi connectivity index (χ2v) is 7.75. The van der Waals surface area contributed by atoms with Crippen LogP contribution < -0.4 is 16.8 Å². The SMILES string of the molecule is CC(=O)Nc1nc(CCc2ccc(N=C(N)N)cc2)c(CN2CCOCC2)s1.Cl.Cl. The summed E-state index contributed by atoms with van der Waals surface area (Å²) in [7, 11) is 0. The van der Waals surface area contributed by atoms with Crippen LogP contribution in [0.25, 0.3) is 0 Å². The van der Waals surface area contributed by atoms with Crippen LogP contribution >= 0.6 is 36.2 Å². The maximum absolute atomic E-state index is 11.4. The topological polar surface area (TPSA) is 119 Å². The number of amides is 1. The molecule has 5 N–H and O–H groups in total. The minimum Gasteiger partial charge on any atom is -0.379 e. The highest BCUT2D eigenvalue weighted by Crippen LogP contribution is 2.26. The van der Waals surface area contributed by atoms with Crippen molar-refractivity contribution in [2.24, 2.45) is 16.5 Å². The van der Waals surface area contributed by atoms with Gasteiger partial charge < -0.3 is 21.5 Å². The molecule has 0 aliphatic carbocycles. The van der Waals surface area contributed by atoms with Gasteiger partial charge in [0.15, 0.2) is 11.1 Å². The molecule has 1 fully saturated rings. The molecule has 0 atom stereocenters. The van der Waals surface area contributed by atoms with Crippen LogP contribution in [0.2, 0.25) is 0 Å². The van der Waals surface area contributed by atoms with Crippen LogP contribution in [0.1, 0.15) is 23.1 Å². The molecule has 3 rings (SSSR count). The Kier molecular flexibility index (Phi) is 11.1. The summed E-state index contributed by atoms with van der Waals surface area (Å²) in [5, 5.41) is 3.47. The number of rotatable bonds is 7. The summed E-state index contributed by atoms with van der Waals surface area (Å²) in [6.07, 6.45) is 1.65. The number of aromatic nitrogens is 1. The Morgan fingerprint density at radius 3 is 2.47 bits per heavy atom. The van der Waals surface area contributed by atoms with Crippen molar-refractivity contribution in [3.8, 4) is 0 Å². The number of hydrogen-bond donors (Lipinski definition) is 3. The molecule has 2 heterocycles. The predicted molar refractivity (Wildman–Crippen MR) is 126 cm³/mol. The van der Waals surface area contributed by atoms with E-state index < -0.39 is 0 Å². The normalized spacial score (nSPS) is 13.6. The molecule has 0 saturated carbocycles. The van der Waals surface area contributed by atoms with E-state index in [0.29, 0.717) is 5.13 Å². The van der Waals surface area contributed by atoms with Gasteiger partial charge in [0.1, 0.15) is 0 Å². The first-order valence-corrected chi connectivity index (χ1v) is 10.1. The molecular weight excluding hydrogens is 447 g/mol. The molecule has 1 aromatic carbocycles. The van der Waals surface area contributed by atoms with E-state index in [-0.39, 0.29) is 36.7 Å². The van der Waals surface area contributed by atoms with Crippen LogP contribution in [-0.4, -0.2) is 48.1 Å². The Morgan fingerprint density at radius 1 is 1.20 bits per heavy atom. The smallest absolute Gasteiger partial charge is 0.223 e. The number of guanidine groups is 1. The van der Waals surface area contributed by atoms with E-state index in [1.165, 1.54) is 17.4 Å². The van der Waals surface area contributed by atoms with E-state index >= 15 is 0 Å². The van der Waals surface area contributed by atoms with Crippen molar-refractivity contribution in [2.75, 3.05) is 31.6 Å². The number of carbonyl (C=O) groups is 1. The van der Waals surface area contributed by atoms with Crippen LogP contribution in [0.4, 0.5) is 10.8 Å². The lowest BCUT2D eigenvalue weighted by molar-refractivity contribution is -0.114. The Hall–Kier alpha value is -1.91. The molecule has 30 heavy (non-hydrogen) atoms. The lowest BCUT2D eigenvalue weighted by atomic mass is 10.1. The van der Waals surface area contributed by atoms with Crippen molar-refractivity contribution in [1.29, 1.82) is 0 Å². The van der Waals surface area contributed by atoms with Gasteiger partial charge in [-0.3, -0.25) is 9.69 Å². The van der Waals surface area contributed by atoms with Crippen molar-refractivity contribution >= 4 is 58.8 Å². The number of ether oxygens (including phenoxy) is 1. The van der Waals surface area contributed by atoms with Crippen LogP contribution in [0, 0.1) is 0 Å². The maximum atomic E-state index is 11.4. The number of aliphatic imine (C=N–C) groups is 1. The van der Waals surface area contributed by atoms with Crippen molar-refractivity contribution in [1.82, 2.24) is 9.88 Å². The zero-order valence-corrected chi connectivity index (χ0v) is 19.2. The summed E-state index contributed by atoms with van der Waals surface area (Å²) in [6, 6.07) is 7.83. The largest absolute Gasteiger partial charge is 0.379 e. The Labute approximate surface area is 192 Å². The molecule has 0 bridgehead atoms. The Balaban J connectivity index is 0.00000225. The van der Waals surface area contributed by atoms with Crippen LogP contribution in [0.15, 0.2) is 29.3 Å². The number of nitrogens with two attached hydrogens (primary N) is 2. The summed E-state index contributed by atoms with van der Waals surface area (Å²) >= 11 is 1.55. The number of morpholine rings is 1. The summed E-state index contributed by atoms with van der Waals surface area (Å²) in [5.41, 5.74) is 13.8. The summed E-state index contributed by atoms with van der Waals surface area (Å²) in [6.45, 7) is 5.68. The Bertz CT molecular complexity index is 834. The van der Waals surface area contributed by atoms with Gasteiger partial charge in [-0.25, -0.2) is 9.98 Å². The van der Waals surface area contributed by atoms with Gasteiger partial charge in [0.25, 0.3) is 0 Å². The summed E-state index contributed by atoms with van der Waals surface area (Å²) < 4.78 is 5.43. The lowest BCUT2D eigenvalue weighted by Crippen LogP contribution is -2.35. The summed E-state index contributed by atoms with van der Waals surface area (Å²) in [4.78, 5) is 23.7. The van der Waals surface area contributed by atoms with E-state index in [9.17, 15) is 4.79 Å². The molecule has 1 aliphatic rings. The molecule has 2 aromatic rings. The monoisotopic (exact) mass is 474 g/mol. The highest BCUT2D eigenvalue weighted by atomic mass is 35.5. The maximum Gasteiger partial charge on any atom is 0.223 e. The zero-order valence-electron chi connectivity index (χ0n) is 16.8. The van der Waals surface area contributed by atoms with Gasteiger partial charge >= 0.3 is 0 Å². The number of hydrogen-bond acceptors (Lipinski definition) is 6. The number of benzene rings is 1. The Morgan fingerprint density at radius 2 is 1.87 bits per heavy atom. The molecule has 0 spiro atoms. The van der Waals surface area contributed by atoms with Gasteiger partial charge in [-0.05, 0) is 30.5 Å². The molecule has 8 nitrogen and oxygen atoms in total. The fraction of sp³-hybridized carbons (Fsp3) is 0.421. The fourth-order valence-electron chi connectivity index (χ4n) is 3.02. The van der Waals surface area contributed by atoms with Crippen LogP contribution in [-0.2, 0) is 28.9 Å². The first-order chi connectivity index (χ1) is 13.5. The van der Waals surface area contributed by atoms with Crippen LogP contribution in [0.3, 0.4) is 0 Å². The highest BCUT2D eigenvalue weighted by molar-refractivity contribution is 7.15. The first-order valence-electron chi connectivity index (χ1n) is 9.24. The second kappa shape index (κ2) is 12.7. The average Bonchev–Trinajstić information content (AvgIpc) is 3.02. The third-order valence-electron chi connectivity index (χ3n) is 4.38. The molecular formula is C19H28Cl2N6O2S. The number of aryl methyl sites for hydroxylation is 2. The van der Waals surface area contributed by atoms with E-state index in [1.807, 2.05) is 24.3 Å². The van der Waals surface area contributed by atoms with Crippen molar-refractivity contribution in [3.05, 3.63) is 40.4 Å². The molecule has 1 aliphatic heterocycles. The fourth-order valence-corrected chi connectivity index (χ4v) is 4.11. The van der Waals surface area contributed by atoms with E-state index in [1.54, 1.807) is 11.3 Å². The lowest BCUT2D eigenvalue weighted by Gasteiger charge is -2.26. The minimum atomic E-state index is -0.103. The van der Waals surface area contributed by atoms with Gasteiger partial charge in [0.2, 0.25) is 5.91 Å². The second-order valence-electron chi connectivity index (χ2n) is 6.66. The molecule has 0 unspecified atom stereocenters. The van der Waals surface area contributed by atoms with Gasteiger partial charge in [-0.1, -0.05) is 12.1 Å². The molecule has 166 valence electrons. The van der Waals surface area contributed by atoms with Gasteiger partial charge in [-0.15, -0.1) is 36.2 Å². The predicted octanol–water partition coefficient (Wildman–Crippen LogP) is 2.47. The quantitative estimate of drug-likeness (QED) is 0.418. The standard InChI is InChI=1S/C19H26N6O2S.2ClH/c1-13(26)22-19-24-16(17(28-19)12-25-8-10-27-11-9-25)7-4-14-2-5-15(6-3-14)23-18(20)21;;/h2-3,5-6H,4,7-12H2,1H3,(H4,20,21,23)(H,22,24,26);2*1H. The van der Waals surface area contributed by atoms with Gasteiger partial charge in [-0.2, -0.15) is 0 Å². The number of carbonyl (C=O) groups excluding carboxylic acids is 1. The van der Waals surface area contributed by atoms with E-state index in [0.717, 1.165) is 57.1 Å². The number of anilines is 1. The highest BCUT2D eigenvalue weighted by Gasteiger charge is 2.17. The third kappa shape index (κ3) is 8.08. The number of nitrogens with zero attached hydrogens (tertiary/aromatic N) is 3. The average molecular weight is 475 g/mol. The number of thiazole rings is 1. The molecule has 1 saturated heterocycles. The zero-order chi connectivity index (χ0) is 19.9. The van der Waals surface area contributed by atoms with Crippen molar-refractivity contribution in [3.63, 3.8) is 0 Å².